The van der Waals surface area contributed by atoms with Crippen molar-refractivity contribution in [3.05, 3.63) is 35.7 Å². The van der Waals surface area contributed by atoms with Gasteiger partial charge in [-0.15, -0.1) is 0 Å². The predicted molar refractivity (Wildman–Crippen MR) is 133 cm³/mol. The topological polar surface area (TPSA) is 112 Å². The van der Waals surface area contributed by atoms with Crippen LogP contribution in [-0.2, 0) is 16.1 Å². The number of carbonyl (C=O) groups excluding carboxylic acids is 3. The monoisotopic (exact) mass is 498 g/mol. The molecule has 1 saturated carbocycles. The summed E-state index contributed by atoms with van der Waals surface area (Å²) in [6.45, 7) is 3.67. The number of benzene rings is 1. The van der Waals surface area contributed by atoms with Gasteiger partial charge in [0.05, 0.1) is 33.1 Å². The van der Waals surface area contributed by atoms with Crippen LogP contribution in [0.25, 0.3) is 0 Å². The van der Waals surface area contributed by atoms with Crippen LogP contribution in [0.3, 0.4) is 0 Å². The first-order valence-electron chi connectivity index (χ1n) is 12.4. The molecule has 1 N–H and O–H groups in total. The Morgan fingerprint density at radius 1 is 1.06 bits per heavy atom. The van der Waals surface area contributed by atoms with E-state index in [2.05, 4.69) is 10.4 Å². The molecular weight excluding hydrogens is 464 g/mol. The summed E-state index contributed by atoms with van der Waals surface area (Å²) in [7, 11) is 3.05. The molecule has 1 aromatic heterocycles. The molecule has 2 heterocycles. The molecule has 194 valence electrons. The van der Waals surface area contributed by atoms with Gasteiger partial charge in [-0.2, -0.15) is 5.10 Å². The number of methoxy groups -OCH3 is 2. The lowest BCUT2D eigenvalue weighted by Crippen LogP contribution is -2.65. The fourth-order valence-electron chi connectivity index (χ4n) is 4.98. The Hall–Kier alpha value is -3.56. The van der Waals surface area contributed by atoms with E-state index < -0.39 is 17.4 Å². The molecule has 4 rings (SSSR count). The summed E-state index contributed by atoms with van der Waals surface area (Å²) in [5.74, 6) is -0.391. The van der Waals surface area contributed by atoms with Crippen LogP contribution in [0.15, 0.2) is 24.3 Å². The van der Waals surface area contributed by atoms with Crippen molar-refractivity contribution in [2.45, 2.75) is 70.5 Å². The van der Waals surface area contributed by atoms with E-state index in [-0.39, 0.29) is 36.5 Å². The number of hydrogen-bond acceptors (Lipinski definition) is 7. The molecule has 0 saturated heterocycles. The van der Waals surface area contributed by atoms with Gasteiger partial charge in [0.1, 0.15) is 22.7 Å². The minimum absolute atomic E-state index is 0.0248. The summed E-state index contributed by atoms with van der Waals surface area (Å²) in [5, 5.41) is 7.52. The zero-order chi connectivity index (χ0) is 25.9. The fourth-order valence-corrected chi connectivity index (χ4v) is 4.98. The van der Waals surface area contributed by atoms with Crippen LogP contribution < -0.4 is 19.7 Å². The number of nitrogens with zero attached hydrogens (tertiary/aromatic N) is 3. The molecule has 2 aromatic rings. The van der Waals surface area contributed by atoms with Gasteiger partial charge in [-0.25, -0.2) is 4.79 Å². The standard InChI is InChI=1S/C26H34N4O6/c1-5-36-24(32)21-15-22-23(31)30(18-12-19(34-3)14-20(13-18)35-4)26(2,16-29(22)28-21)25(33)27-17-10-8-6-7-9-11-17/h12-15,17H,5-11,16H2,1-4H3,(H,27,33)/t26-/m0/s1. The zero-order valence-corrected chi connectivity index (χ0v) is 21.3. The SMILES string of the molecule is CCOC(=O)c1cc2n(n1)C[C@@](C)(C(=O)NC1CCCCCC1)N(c1cc(OC)cc(OC)c1)C2=O. The Kier molecular flexibility index (Phi) is 7.51. The maximum Gasteiger partial charge on any atom is 0.358 e. The first-order valence-corrected chi connectivity index (χ1v) is 12.4. The smallest absolute Gasteiger partial charge is 0.358 e. The van der Waals surface area contributed by atoms with Gasteiger partial charge >= 0.3 is 5.97 Å². The molecule has 10 heteroatoms. The van der Waals surface area contributed by atoms with Gasteiger partial charge in [0, 0.05) is 30.3 Å². The van der Waals surface area contributed by atoms with Crippen molar-refractivity contribution in [2.24, 2.45) is 0 Å². The molecule has 1 aliphatic carbocycles. The lowest BCUT2D eigenvalue weighted by Gasteiger charge is -2.43. The Balaban J connectivity index is 1.78. The number of amides is 2. The highest BCUT2D eigenvalue weighted by Gasteiger charge is 2.49. The van der Waals surface area contributed by atoms with Crippen LogP contribution in [0.1, 0.15) is 73.3 Å². The lowest BCUT2D eigenvalue weighted by molar-refractivity contribution is -0.127. The average molecular weight is 499 g/mol. The van der Waals surface area contributed by atoms with Crippen molar-refractivity contribution in [2.75, 3.05) is 25.7 Å². The Labute approximate surface area is 210 Å². The molecule has 1 aliphatic heterocycles. The van der Waals surface area contributed by atoms with Gasteiger partial charge in [-0.1, -0.05) is 25.7 Å². The molecule has 0 unspecified atom stereocenters. The largest absolute Gasteiger partial charge is 0.497 e. The molecule has 1 fully saturated rings. The van der Waals surface area contributed by atoms with E-state index in [1.165, 1.54) is 29.9 Å². The molecule has 0 radical (unpaired) electrons. The van der Waals surface area contributed by atoms with Crippen molar-refractivity contribution in [1.29, 1.82) is 0 Å². The maximum atomic E-state index is 13.9. The number of ether oxygens (including phenoxy) is 3. The number of fused-ring (bicyclic) bond motifs is 1. The van der Waals surface area contributed by atoms with Gasteiger partial charge in [0.2, 0.25) is 5.91 Å². The highest BCUT2D eigenvalue weighted by molar-refractivity contribution is 6.12. The summed E-state index contributed by atoms with van der Waals surface area (Å²) < 4.78 is 17.3. The van der Waals surface area contributed by atoms with Crippen LogP contribution in [-0.4, -0.2) is 60.0 Å². The average Bonchev–Trinajstić information content (AvgIpc) is 3.13. The molecular formula is C26H34N4O6. The first-order chi connectivity index (χ1) is 17.3. The number of esters is 1. The van der Waals surface area contributed by atoms with Gasteiger partial charge < -0.3 is 19.5 Å². The highest BCUT2D eigenvalue weighted by atomic mass is 16.5. The Bertz CT molecular complexity index is 1120. The van der Waals surface area contributed by atoms with Crippen molar-refractivity contribution >= 4 is 23.5 Å². The molecule has 1 atom stereocenters. The van der Waals surface area contributed by atoms with Crippen LogP contribution in [0.5, 0.6) is 11.5 Å². The number of nitrogens with one attached hydrogen (secondary N) is 1. The third-order valence-corrected chi connectivity index (χ3v) is 6.91. The van der Waals surface area contributed by atoms with E-state index in [0.29, 0.717) is 17.2 Å². The third kappa shape index (κ3) is 4.89. The number of rotatable bonds is 7. The Morgan fingerprint density at radius 2 is 1.69 bits per heavy atom. The molecule has 2 aliphatic rings. The van der Waals surface area contributed by atoms with E-state index in [0.717, 1.165) is 38.5 Å². The predicted octanol–water partition coefficient (Wildman–Crippen LogP) is 3.34. The second kappa shape index (κ2) is 10.6. The lowest BCUT2D eigenvalue weighted by atomic mass is 9.93. The summed E-state index contributed by atoms with van der Waals surface area (Å²) in [4.78, 5) is 41.6. The third-order valence-electron chi connectivity index (χ3n) is 6.91. The van der Waals surface area contributed by atoms with Crippen molar-refractivity contribution in [1.82, 2.24) is 15.1 Å². The van der Waals surface area contributed by atoms with Crippen LogP contribution in [0.2, 0.25) is 0 Å². The molecule has 1 aromatic carbocycles. The molecule has 2 amide bonds. The highest BCUT2D eigenvalue weighted by Crippen LogP contribution is 2.37. The number of anilines is 1. The van der Waals surface area contributed by atoms with Crippen molar-refractivity contribution < 1.29 is 28.6 Å². The van der Waals surface area contributed by atoms with Crippen molar-refractivity contribution in [3.63, 3.8) is 0 Å². The molecule has 10 nitrogen and oxygen atoms in total. The second-order valence-corrected chi connectivity index (χ2v) is 9.44. The molecule has 0 spiro atoms. The zero-order valence-electron chi connectivity index (χ0n) is 21.3. The summed E-state index contributed by atoms with van der Waals surface area (Å²) in [6, 6.07) is 6.53. The number of hydrogen-bond donors (Lipinski definition) is 1. The van der Waals surface area contributed by atoms with Gasteiger partial charge in [0.15, 0.2) is 5.69 Å². The normalized spacial score (nSPS) is 20.3. The van der Waals surface area contributed by atoms with Crippen LogP contribution in [0, 0.1) is 0 Å². The fraction of sp³-hybridized carbons (Fsp3) is 0.538. The molecule has 0 bridgehead atoms. The minimum Gasteiger partial charge on any atom is -0.497 e. The minimum atomic E-state index is -1.33. The van der Waals surface area contributed by atoms with Gasteiger partial charge in [0.25, 0.3) is 5.91 Å². The number of carbonyl (C=O) groups is 3. The van der Waals surface area contributed by atoms with Crippen molar-refractivity contribution in [3.8, 4) is 11.5 Å². The first kappa shape index (κ1) is 25.5. The van der Waals surface area contributed by atoms with Crippen LogP contribution in [0.4, 0.5) is 5.69 Å². The summed E-state index contributed by atoms with van der Waals surface area (Å²) in [5.41, 5.74) is -0.664. The van der Waals surface area contributed by atoms with E-state index in [9.17, 15) is 14.4 Å². The van der Waals surface area contributed by atoms with E-state index >= 15 is 0 Å². The van der Waals surface area contributed by atoms with Gasteiger partial charge in [-0.05, 0) is 26.7 Å². The summed E-state index contributed by atoms with van der Waals surface area (Å²) >= 11 is 0. The quantitative estimate of drug-likeness (QED) is 0.460. The second-order valence-electron chi connectivity index (χ2n) is 9.44. The number of aromatic nitrogens is 2. The van der Waals surface area contributed by atoms with E-state index in [1.807, 2.05) is 0 Å². The Morgan fingerprint density at radius 3 is 2.28 bits per heavy atom. The van der Waals surface area contributed by atoms with Gasteiger partial charge in [-0.3, -0.25) is 19.2 Å². The maximum absolute atomic E-state index is 13.9. The van der Waals surface area contributed by atoms with Crippen LogP contribution >= 0.6 is 0 Å². The summed E-state index contributed by atoms with van der Waals surface area (Å²) in [6.07, 6.45) is 6.25. The molecule has 36 heavy (non-hydrogen) atoms. The van der Waals surface area contributed by atoms with E-state index in [4.69, 9.17) is 14.2 Å². The van der Waals surface area contributed by atoms with E-state index in [1.54, 1.807) is 32.0 Å².